The SMILES string of the molecule is O=C1CCC2=C1CC=CC2. The standard InChI is InChI=1S/C9H10O/c10-9-6-5-7-3-1-2-4-8(7)9/h1-2H,3-6H2. The largest absolute Gasteiger partial charge is 0.295 e. The minimum absolute atomic E-state index is 0.388. The Hall–Kier alpha value is -0.850. The average molecular weight is 134 g/mol. The second-order valence-corrected chi connectivity index (χ2v) is 2.88. The first-order chi connectivity index (χ1) is 4.88. The first kappa shape index (κ1) is 5.90. The molecule has 0 fully saturated rings. The van der Waals surface area contributed by atoms with E-state index in [1.54, 1.807) is 0 Å². The Balaban J connectivity index is 2.31. The van der Waals surface area contributed by atoms with Crippen LogP contribution in [0.25, 0.3) is 0 Å². The molecular weight excluding hydrogens is 124 g/mol. The molecule has 0 saturated carbocycles. The van der Waals surface area contributed by atoms with Crippen molar-refractivity contribution in [2.45, 2.75) is 25.7 Å². The van der Waals surface area contributed by atoms with Crippen molar-refractivity contribution in [3.63, 3.8) is 0 Å². The third kappa shape index (κ3) is 0.737. The first-order valence-electron chi connectivity index (χ1n) is 3.77. The fourth-order valence-corrected chi connectivity index (χ4v) is 1.67. The third-order valence-electron chi connectivity index (χ3n) is 2.27. The highest BCUT2D eigenvalue weighted by Gasteiger charge is 2.22. The molecule has 1 heteroatoms. The van der Waals surface area contributed by atoms with Crippen LogP contribution in [0.2, 0.25) is 0 Å². The number of carbonyl (C=O) groups is 1. The molecule has 0 radical (unpaired) electrons. The van der Waals surface area contributed by atoms with Gasteiger partial charge in [-0.1, -0.05) is 17.7 Å². The van der Waals surface area contributed by atoms with Crippen LogP contribution in [0, 0.1) is 0 Å². The molecule has 0 aromatic rings. The van der Waals surface area contributed by atoms with E-state index in [9.17, 15) is 4.79 Å². The van der Waals surface area contributed by atoms with Gasteiger partial charge in [0.1, 0.15) is 0 Å². The maximum Gasteiger partial charge on any atom is 0.159 e. The summed E-state index contributed by atoms with van der Waals surface area (Å²) in [7, 11) is 0. The van der Waals surface area contributed by atoms with Crippen LogP contribution in [-0.4, -0.2) is 5.78 Å². The lowest BCUT2D eigenvalue weighted by Crippen LogP contribution is -1.96. The Bertz CT molecular complexity index is 233. The Kier molecular flexibility index (Phi) is 1.23. The van der Waals surface area contributed by atoms with Crippen molar-refractivity contribution in [2.24, 2.45) is 0 Å². The van der Waals surface area contributed by atoms with Crippen LogP contribution < -0.4 is 0 Å². The summed E-state index contributed by atoms with van der Waals surface area (Å²) in [5.41, 5.74) is 2.51. The molecule has 2 aliphatic carbocycles. The number of carbonyl (C=O) groups excluding carboxylic acids is 1. The molecule has 1 nitrogen and oxygen atoms in total. The van der Waals surface area contributed by atoms with Gasteiger partial charge in [0, 0.05) is 6.42 Å². The van der Waals surface area contributed by atoms with Gasteiger partial charge in [0.2, 0.25) is 0 Å². The van der Waals surface area contributed by atoms with Crippen LogP contribution in [-0.2, 0) is 4.79 Å². The zero-order valence-corrected chi connectivity index (χ0v) is 5.89. The molecule has 0 unspecified atom stereocenters. The molecule has 0 aromatic carbocycles. The van der Waals surface area contributed by atoms with Crippen LogP contribution in [0.5, 0.6) is 0 Å². The van der Waals surface area contributed by atoms with Crippen LogP contribution in [0.3, 0.4) is 0 Å². The fraction of sp³-hybridized carbons (Fsp3) is 0.444. The second kappa shape index (κ2) is 2.08. The molecule has 2 rings (SSSR count). The van der Waals surface area contributed by atoms with Crippen molar-refractivity contribution in [1.82, 2.24) is 0 Å². The van der Waals surface area contributed by atoms with Gasteiger partial charge in [-0.2, -0.15) is 0 Å². The molecule has 0 heterocycles. The maximum atomic E-state index is 11.1. The number of hydrogen-bond acceptors (Lipinski definition) is 1. The van der Waals surface area contributed by atoms with E-state index < -0.39 is 0 Å². The predicted octanol–water partition coefficient (Wildman–Crippen LogP) is 2.00. The second-order valence-electron chi connectivity index (χ2n) is 2.88. The Morgan fingerprint density at radius 1 is 1.10 bits per heavy atom. The molecular formula is C9H10O. The van der Waals surface area contributed by atoms with Crippen molar-refractivity contribution in [2.75, 3.05) is 0 Å². The van der Waals surface area contributed by atoms with Crippen LogP contribution >= 0.6 is 0 Å². The van der Waals surface area contributed by atoms with E-state index in [1.807, 2.05) is 0 Å². The van der Waals surface area contributed by atoms with Crippen molar-refractivity contribution in [3.8, 4) is 0 Å². The molecule has 0 spiro atoms. The Morgan fingerprint density at radius 2 is 1.90 bits per heavy atom. The number of Topliss-reactive ketones (excluding diaryl/α,β-unsaturated/α-hetero) is 1. The number of ketones is 1. The topological polar surface area (TPSA) is 17.1 Å². The maximum absolute atomic E-state index is 11.1. The van der Waals surface area contributed by atoms with Gasteiger partial charge in [0.05, 0.1) is 0 Å². The smallest absolute Gasteiger partial charge is 0.159 e. The summed E-state index contributed by atoms with van der Waals surface area (Å²) in [6, 6.07) is 0. The highest BCUT2D eigenvalue weighted by molar-refractivity contribution is 5.99. The van der Waals surface area contributed by atoms with Gasteiger partial charge in [-0.3, -0.25) is 4.79 Å². The van der Waals surface area contributed by atoms with Gasteiger partial charge in [0.15, 0.2) is 5.78 Å². The summed E-state index contributed by atoms with van der Waals surface area (Å²) in [4.78, 5) is 11.1. The van der Waals surface area contributed by atoms with Gasteiger partial charge < -0.3 is 0 Å². The monoisotopic (exact) mass is 134 g/mol. The minimum atomic E-state index is 0.388. The van der Waals surface area contributed by atoms with Crippen LogP contribution in [0.4, 0.5) is 0 Å². The van der Waals surface area contributed by atoms with Crippen molar-refractivity contribution < 1.29 is 4.79 Å². The summed E-state index contributed by atoms with van der Waals surface area (Å²) in [6.45, 7) is 0. The molecule has 0 saturated heterocycles. The molecule has 0 aromatic heterocycles. The fourth-order valence-electron chi connectivity index (χ4n) is 1.67. The van der Waals surface area contributed by atoms with E-state index in [4.69, 9.17) is 0 Å². The van der Waals surface area contributed by atoms with Gasteiger partial charge in [0.25, 0.3) is 0 Å². The summed E-state index contributed by atoms with van der Waals surface area (Å²) in [5, 5.41) is 0. The van der Waals surface area contributed by atoms with Gasteiger partial charge in [-0.15, -0.1) is 0 Å². The number of allylic oxidation sites excluding steroid dienone is 4. The quantitative estimate of drug-likeness (QED) is 0.463. The lowest BCUT2D eigenvalue weighted by molar-refractivity contribution is -0.114. The summed E-state index contributed by atoms with van der Waals surface area (Å²) >= 11 is 0. The summed E-state index contributed by atoms with van der Waals surface area (Å²) in [6.07, 6.45) is 7.99. The number of hydrogen-bond donors (Lipinski definition) is 0. The zero-order chi connectivity index (χ0) is 6.97. The zero-order valence-electron chi connectivity index (χ0n) is 5.89. The van der Waals surface area contributed by atoms with Crippen molar-refractivity contribution in [3.05, 3.63) is 23.3 Å². The van der Waals surface area contributed by atoms with Crippen molar-refractivity contribution in [1.29, 1.82) is 0 Å². The Labute approximate surface area is 60.4 Å². The van der Waals surface area contributed by atoms with Gasteiger partial charge in [-0.05, 0) is 24.8 Å². The van der Waals surface area contributed by atoms with E-state index >= 15 is 0 Å². The summed E-state index contributed by atoms with van der Waals surface area (Å²) < 4.78 is 0. The molecule has 0 atom stereocenters. The van der Waals surface area contributed by atoms with E-state index in [0.29, 0.717) is 5.78 Å². The molecule has 0 aliphatic heterocycles. The van der Waals surface area contributed by atoms with Gasteiger partial charge in [-0.25, -0.2) is 0 Å². The van der Waals surface area contributed by atoms with E-state index in [2.05, 4.69) is 12.2 Å². The van der Waals surface area contributed by atoms with Crippen LogP contribution in [0.15, 0.2) is 23.3 Å². The highest BCUT2D eigenvalue weighted by atomic mass is 16.1. The molecule has 52 valence electrons. The predicted molar refractivity (Wildman–Crippen MR) is 39.6 cm³/mol. The molecule has 0 amide bonds. The van der Waals surface area contributed by atoms with Crippen LogP contribution in [0.1, 0.15) is 25.7 Å². The normalized spacial score (nSPS) is 23.8. The third-order valence-corrected chi connectivity index (χ3v) is 2.27. The molecule has 0 bridgehead atoms. The lowest BCUT2D eigenvalue weighted by atomic mass is 10.00. The average Bonchev–Trinajstić information content (AvgIpc) is 2.34. The summed E-state index contributed by atoms with van der Waals surface area (Å²) in [5.74, 6) is 0.388. The van der Waals surface area contributed by atoms with E-state index in [1.165, 1.54) is 5.57 Å². The first-order valence-corrected chi connectivity index (χ1v) is 3.77. The molecule has 10 heavy (non-hydrogen) atoms. The number of rotatable bonds is 0. The van der Waals surface area contributed by atoms with E-state index in [-0.39, 0.29) is 0 Å². The Morgan fingerprint density at radius 3 is 2.70 bits per heavy atom. The molecule has 0 N–H and O–H groups in total. The minimum Gasteiger partial charge on any atom is -0.295 e. The van der Waals surface area contributed by atoms with Crippen molar-refractivity contribution >= 4 is 5.78 Å². The van der Waals surface area contributed by atoms with Gasteiger partial charge >= 0.3 is 0 Å². The lowest BCUT2D eigenvalue weighted by Gasteiger charge is -2.05. The highest BCUT2D eigenvalue weighted by Crippen LogP contribution is 2.30. The molecule has 2 aliphatic rings. The van der Waals surface area contributed by atoms with E-state index in [0.717, 1.165) is 31.3 Å².